The molecule has 98 valence electrons. The van der Waals surface area contributed by atoms with Gasteiger partial charge in [-0.05, 0) is 69.1 Å². The summed E-state index contributed by atoms with van der Waals surface area (Å²) in [5, 5.41) is 0. The van der Waals surface area contributed by atoms with Crippen molar-refractivity contribution in [3.63, 3.8) is 0 Å². The van der Waals surface area contributed by atoms with Gasteiger partial charge in [0.15, 0.2) is 5.78 Å². The molecule has 2 rings (SSSR count). The van der Waals surface area contributed by atoms with Gasteiger partial charge in [-0.3, -0.25) is 4.79 Å². The number of halogens is 3. The van der Waals surface area contributed by atoms with Crippen LogP contribution in [0.15, 0.2) is 45.3 Å². The second kappa shape index (κ2) is 5.84. The Morgan fingerprint density at radius 2 is 1.84 bits per heavy atom. The molecule has 0 heterocycles. The summed E-state index contributed by atoms with van der Waals surface area (Å²) < 4.78 is 20.0. The molecule has 0 bridgehead atoms. The summed E-state index contributed by atoms with van der Waals surface area (Å²) in [6, 6.07) is 9.52. The number of carbonyl (C=O) groups excluding carboxylic acids is 1. The summed E-state index contributed by atoms with van der Waals surface area (Å²) >= 11 is 6.40. The standard InChI is InChI=1S/C14H9Br2FO2/c1-8(18)9-2-5-14(12(16)6-9)19-10-3-4-11(15)13(17)7-10/h2-7H,1H3. The molecule has 2 aromatic carbocycles. The van der Waals surface area contributed by atoms with Crippen molar-refractivity contribution in [1.29, 1.82) is 0 Å². The Morgan fingerprint density at radius 3 is 2.42 bits per heavy atom. The van der Waals surface area contributed by atoms with Gasteiger partial charge in [-0.25, -0.2) is 4.39 Å². The average Bonchev–Trinajstić information content (AvgIpc) is 2.36. The van der Waals surface area contributed by atoms with E-state index >= 15 is 0 Å². The van der Waals surface area contributed by atoms with Gasteiger partial charge < -0.3 is 4.74 Å². The second-order valence-corrected chi connectivity index (χ2v) is 5.59. The smallest absolute Gasteiger partial charge is 0.159 e. The normalized spacial score (nSPS) is 10.3. The molecule has 2 aromatic rings. The quantitative estimate of drug-likeness (QED) is 0.664. The van der Waals surface area contributed by atoms with Gasteiger partial charge in [-0.1, -0.05) is 0 Å². The van der Waals surface area contributed by atoms with Gasteiger partial charge in [0.25, 0.3) is 0 Å². The molecule has 0 unspecified atom stereocenters. The molecular formula is C14H9Br2FO2. The molecule has 0 spiro atoms. The van der Waals surface area contributed by atoms with Crippen LogP contribution >= 0.6 is 31.9 Å². The van der Waals surface area contributed by atoms with Crippen molar-refractivity contribution in [3.05, 3.63) is 56.7 Å². The lowest BCUT2D eigenvalue weighted by Gasteiger charge is -2.09. The van der Waals surface area contributed by atoms with Gasteiger partial charge in [0.05, 0.1) is 8.95 Å². The average molecular weight is 388 g/mol. The highest BCUT2D eigenvalue weighted by molar-refractivity contribution is 9.10. The number of hydrogen-bond donors (Lipinski definition) is 0. The number of rotatable bonds is 3. The molecule has 0 fully saturated rings. The number of hydrogen-bond acceptors (Lipinski definition) is 2. The SMILES string of the molecule is CC(=O)c1ccc(Oc2ccc(Br)c(F)c2)c(Br)c1. The molecule has 0 atom stereocenters. The monoisotopic (exact) mass is 386 g/mol. The van der Waals surface area contributed by atoms with Crippen LogP contribution < -0.4 is 4.74 Å². The summed E-state index contributed by atoms with van der Waals surface area (Å²) in [6.45, 7) is 1.49. The van der Waals surface area contributed by atoms with E-state index in [1.807, 2.05) is 0 Å². The van der Waals surface area contributed by atoms with Crippen LogP contribution in [0.4, 0.5) is 4.39 Å². The highest BCUT2D eigenvalue weighted by atomic mass is 79.9. The van der Waals surface area contributed by atoms with Crippen LogP contribution in [0.3, 0.4) is 0 Å². The Kier molecular flexibility index (Phi) is 4.37. The van der Waals surface area contributed by atoms with Gasteiger partial charge in [0, 0.05) is 11.6 Å². The number of Topliss-reactive ketones (excluding diaryl/α,β-unsaturated/α-hetero) is 1. The van der Waals surface area contributed by atoms with Crippen LogP contribution in [0.5, 0.6) is 11.5 Å². The largest absolute Gasteiger partial charge is 0.456 e. The molecule has 0 aliphatic rings. The molecule has 0 N–H and O–H groups in total. The zero-order valence-electron chi connectivity index (χ0n) is 9.91. The lowest BCUT2D eigenvalue weighted by Crippen LogP contribution is -1.93. The first-order chi connectivity index (χ1) is 8.97. The Hall–Kier alpha value is -1.20. The van der Waals surface area contributed by atoms with Crippen LogP contribution in [0, 0.1) is 5.82 Å². The van der Waals surface area contributed by atoms with Gasteiger partial charge >= 0.3 is 0 Å². The second-order valence-electron chi connectivity index (χ2n) is 3.88. The van der Waals surface area contributed by atoms with Crippen molar-refractivity contribution >= 4 is 37.6 Å². The zero-order chi connectivity index (χ0) is 14.0. The summed E-state index contributed by atoms with van der Waals surface area (Å²) in [5.74, 6) is 0.486. The molecule has 0 aliphatic heterocycles. The van der Waals surface area contributed by atoms with Crippen LogP contribution in [0.2, 0.25) is 0 Å². The topological polar surface area (TPSA) is 26.3 Å². The van der Waals surface area contributed by atoms with E-state index in [4.69, 9.17) is 4.74 Å². The van der Waals surface area contributed by atoms with Crippen LogP contribution in [0.1, 0.15) is 17.3 Å². The molecule has 2 nitrogen and oxygen atoms in total. The molecule has 19 heavy (non-hydrogen) atoms. The van der Waals surface area contributed by atoms with Crippen molar-refractivity contribution in [1.82, 2.24) is 0 Å². The molecule has 0 aromatic heterocycles. The van der Waals surface area contributed by atoms with Crippen molar-refractivity contribution in [2.75, 3.05) is 0 Å². The summed E-state index contributed by atoms with van der Waals surface area (Å²) in [4.78, 5) is 11.2. The van der Waals surface area contributed by atoms with Gasteiger partial charge in [0.2, 0.25) is 0 Å². The number of ether oxygens (including phenoxy) is 1. The minimum atomic E-state index is -0.394. The number of ketones is 1. The molecule has 0 amide bonds. The minimum Gasteiger partial charge on any atom is -0.456 e. The highest BCUT2D eigenvalue weighted by Crippen LogP contribution is 2.32. The number of benzene rings is 2. The zero-order valence-corrected chi connectivity index (χ0v) is 13.1. The Balaban J connectivity index is 2.28. The van der Waals surface area contributed by atoms with Gasteiger partial charge in [-0.15, -0.1) is 0 Å². The molecule has 5 heteroatoms. The summed E-state index contributed by atoms with van der Waals surface area (Å²) in [7, 11) is 0. The fourth-order valence-corrected chi connectivity index (χ4v) is 2.18. The van der Waals surface area contributed by atoms with E-state index in [9.17, 15) is 9.18 Å². The molecular weight excluding hydrogens is 379 g/mol. The maximum absolute atomic E-state index is 13.4. The Labute approximate surface area is 126 Å². The predicted octanol–water partition coefficient (Wildman–Crippen LogP) is 5.35. The first-order valence-corrected chi connectivity index (χ1v) is 6.99. The third-order valence-electron chi connectivity index (χ3n) is 2.46. The van der Waals surface area contributed by atoms with Crippen molar-refractivity contribution in [3.8, 4) is 11.5 Å². The summed E-state index contributed by atoms with van der Waals surface area (Å²) in [5.41, 5.74) is 0.584. The molecule has 0 saturated heterocycles. The predicted molar refractivity (Wildman–Crippen MR) is 78.3 cm³/mol. The maximum atomic E-state index is 13.4. The van der Waals surface area contributed by atoms with Crippen LogP contribution in [0.25, 0.3) is 0 Å². The van der Waals surface area contributed by atoms with Crippen LogP contribution in [-0.4, -0.2) is 5.78 Å². The first-order valence-electron chi connectivity index (χ1n) is 5.41. The van der Waals surface area contributed by atoms with E-state index in [1.165, 1.54) is 13.0 Å². The van der Waals surface area contributed by atoms with Crippen LogP contribution in [-0.2, 0) is 0 Å². The maximum Gasteiger partial charge on any atom is 0.159 e. The lowest BCUT2D eigenvalue weighted by molar-refractivity contribution is 0.101. The van der Waals surface area contributed by atoms with E-state index < -0.39 is 5.82 Å². The molecule has 0 radical (unpaired) electrons. The Morgan fingerprint density at radius 1 is 1.11 bits per heavy atom. The third-order valence-corrected chi connectivity index (χ3v) is 3.72. The van der Waals surface area contributed by atoms with Gasteiger partial charge in [-0.2, -0.15) is 0 Å². The van der Waals surface area contributed by atoms with E-state index in [2.05, 4.69) is 31.9 Å². The third kappa shape index (κ3) is 3.42. The van der Waals surface area contributed by atoms with Crippen molar-refractivity contribution in [2.24, 2.45) is 0 Å². The first kappa shape index (κ1) is 14.2. The van der Waals surface area contributed by atoms with Gasteiger partial charge in [0.1, 0.15) is 17.3 Å². The van der Waals surface area contributed by atoms with E-state index in [1.54, 1.807) is 30.3 Å². The van der Waals surface area contributed by atoms with Crippen molar-refractivity contribution < 1.29 is 13.9 Å². The molecule has 0 aliphatic carbocycles. The highest BCUT2D eigenvalue weighted by Gasteiger charge is 2.08. The summed E-state index contributed by atoms with van der Waals surface area (Å²) in [6.07, 6.45) is 0. The molecule has 0 saturated carbocycles. The lowest BCUT2D eigenvalue weighted by atomic mass is 10.1. The van der Waals surface area contributed by atoms with E-state index in [0.717, 1.165) is 0 Å². The minimum absolute atomic E-state index is 0.0260. The van der Waals surface area contributed by atoms with E-state index in [0.29, 0.717) is 26.0 Å². The Bertz CT molecular complexity index is 641. The number of carbonyl (C=O) groups is 1. The van der Waals surface area contributed by atoms with Crippen molar-refractivity contribution in [2.45, 2.75) is 6.92 Å². The van der Waals surface area contributed by atoms with E-state index in [-0.39, 0.29) is 5.78 Å². The fraction of sp³-hybridized carbons (Fsp3) is 0.0714. The fourth-order valence-electron chi connectivity index (χ4n) is 1.47.